The van der Waals surface area contributed by atoms with Gasteiger partial charge in [0.1, 0.15) is 5.75 Å². The van der Waals surface area contributed by atoms with Crippen LogP contribution in [0.3, 0.4) is 0 Å². The maximum atomic E-state index is 6.35. The van der Waals surface area contributed by atoms with Crippen LogP contribution in [0.5, 0.6) is 5.75 Å². The van der Waals surface area contributed by atoms with Crippen LogP contribution in [-0.4, -0.2) is 44.2 Å². The number of ether oxygens (including phenoxy) is 1. The number of halogens is 2. The zero-order valence-electron chi connectivity index (χ0n) is 16.5. The molecule has 1 aliphatic heterocycles. The number of piperazine rings is 1. The quantitative estimate of drug-likeness (QED) is 0.421. The fourth-order valence-corrected chi connectivity index (χ4v) is 4.36. The van der Waals surface area contributed by atoms with Crippen LogP contribution in [0.25, 0.3) is 10.8 Å². The molecule has 0 aliphatic carbocycles. The van der Waals surface area contributed by atoms with Gasteiger partial charge in [-0.15, -0.1) is 0 Å². The summed E-state index contributed by atoms with van der Waals surface area (Å²) < 4.78 is 5.95. The molecule has 1 heterocycles. The molecular formula is C24H26Cl2N2O. The third-order valence-corrected chi connectivity index (χ3v) is 6.02. The van der Waals surface area contributed by atoms with Gasteiger partial charge in [0.15, 0.2) is 0 Å². The number of rotatable bonds is 7. The predicted molar refractivity (Wildman–Crippen MR) is 124 cm³/mol. The number of hydrogen-bond donors (Lipinski definition) is 0. The molecule has 0 N–H and O–H groups in total. The Balaban J connectivity index is 1.16. The molecule has 4 rings (SSSR count). The van der Waals surface area contributed by atoms with E-state index in [9.17, 15) is 0 Å². The lowest BCUT2D eigenvalue weighted by atomic mass is 10.1. The molecule has 0 atom stereocenters. The summed E-state index contributed by atoms with van der Waals surface area (Å²) in [5, 5.41) is 3.89. The van der Waals surface area contributed by atoms with Gasteiger partial charge in [0.05, 0.1) is 17.3 Å². The van der Waals surface area contributed by atoms with E-state index in [1.54, 1.807) is 0 Å². The molecule has 29 heavy (non-hydrogen) atoms. The predicted octanol–water partition coefficient (Wildman–Crippen LogP) is 6.13. The monoisotopic (exact) mass is 428 g/mol. The van der Waals surface area contributed by atoms with Crippen LogP contribution in [0.1, 0.15) is 12.8 Å². The maximum Gasteiger partial charge on any atom is 0.119 e. The topological polar surface area (TPSA) is 15.7 Å². The van der Waals surface area contributed by atoms with E-state index >= 15 is 0 Å². The highest BCUT2D eigenvalue weighted by molar-refractivity contribution is 6.36. The average Bonchev–Trinajstić information content (AvgIpc) is 2.74. The summed E-state index contributed by atoms with van der Waals surface area (Å²) in [6.45, 7) is 5.99. The summed E-state index contributed by atoms with van der Waals surface area (Å²) in [6.07, 6.45) is 2.21. The normalized spacial score (nSPS) is 15.0. The molecule has 0 unspecified atom stereocenters. The Labute approximate surface area is 182 Å². The van der Waals surface area contributed by atoms with E-state index in [0.717, 1.165) is 68.6 Å². The fraction of sp³-hybridized carbons (Fsp3) is 0.333. The second-order valence-electron chi connectivity index (χ2n) is 7.49. The molecule has 3 nitrogen and oxygen atoms in total. The number of hydrogen-bond acceptors (Lipinski definition) is 3. The first-order chi connectivity index (χ1) is 14.2. The zero-order valence-corrected chi connectivity index (χ0v) is 18.0. The smallest absolute Gasteiger partial charge is 0.119 e. The molecule has 0 radical (unpaired) electrons. The standard InChI is InChI=1S/C24H26Cl2N2O/c25-21-8-10-24(23(26)18-21)28-14-12-27(13-15-28)11-3-4-16-29-22-9-7-19-5-1-2-6-20(19)17-22/h1-2,5-10,17-18H,3-4,11-16H2. The Morgan fingerprint density at radius 2 is 1.59 bits per heavy atom. The lowest BCUT2D eigenvalue weighted by molar-refractivity contribution is 0.238. The minimum absolute atomic E-state index is 0.684. The zero-order chi connectivity index (χ0) is 20.1. The Kier molecular flexibility index (Phi) is 6.81. The van der Waals surface area contributed by atoms with Crippen molar-refractivity contribution in [2.45, 2.75) is 12.8 Å². The van der Waals surface area contributed by atoms with E-state index in [2.05, 4.69) is 52.3 Å². The van der Waals surface area contributed by atoms with E-state index in [1.165, 1.54) is 10.8 Å². The van der Waals surface area contributed by atoms with Gasteiger partial charge < -0.3 is 9.64 Å². The van der Waals surface area contributed by atoms with Crippen molar-refractivity contribution >= 4 is 39.7 Å². The van der Waals surface area contributed by atoms with Gasteiger partial charge >= 0.3 is 0 Å². The molecule has 1 fully saturated rings. The molecule has 3 aromatic rings. The molecular weight excluding hydrogens is 403 g/mol. The summed E-state index contributed by atoms with van der Waals surface area (Å²) >= 11 is 12.4. The van der Waals surface area contributed by atoms with Crippen molar-refractivity contribution in [3.05, 3.63) is 70.7 Å². The van der Waals surface area contributed by atoms with Crippen LogP contribution in [-0.2, 0) is 0 Å². The molecule has 5 heteroatoms. The number of fused-ring (bicyclic) bond motifs is 1. The van der Waals surface area contributed by atoms with Gasteiger partial charge in [-0.2, -0.15) is 0 Å². The lowest BCUT2D eigenvalue weighted by Gasteiger charge is -2.36. The Hall–Kier alpha value is -1.94. The molecule has 3 aromatic carbocycles. The van der Waals surface area contributed by atoms with Crippen molar-refractivity contribution in [3.63, 3.8) is 0 Å². The summed E-state index contributed by atoms with van der Waals surface area (Å²) in [5.41, 5.74) is 1.08. The van der Waals surface area contributed by atoms with Gasteiger partial charge in [0.25, 0.3) is 0 Å². The van der Waals surface area contributed by atoms with Crippen LogP contribution in [0, 0.1) is 0 Å². The van der Waals surface area contributed by atoms with Crippen LogP contribution < -0.4 is 9.64 Å². The van der Waals surface area contributed by atoms with Crippen LogP contribution in [0.2, 0.25) is 10.0 Å². The van der Waals surface area contributed by atoms with Crippen LogP contribution in [0.4, 0.5) is 5.69 Å². The lowest BCUT2D eigenvalue weighted by Crippen LogP contribution is -2.46. The van der Waals surface area contributed by atoms with Crippen molar-refractivity contribution in [2.75, 3.05) is 44.2 Å². The molecule has 1 saturated heterocycles. The van der Waals surface area contributed by atoms with Crippen molar-refractivity contribution < 1.29 is 4.74 Å². The highest BCUT2D eigenvalue weighted by Gasteiger charge is 2.18. The maximum absolute atomic E-state index is 6.35. The Bertz CT molecular complexity index is 955. The summed E-state index contributed by atoms with van der Waals surface area (Å²) in [6, 6.07) is 20.4. The first-order valence-corrected chi connectivity index (χ1v) is 11.0. The highest BCUT2D eigenvalue weighted by Crippen LogP contribution is 2.29. The van der Waals surface area contributed by atoms with Gasteiger partial charge in [-0.3, -0.25) is 4.90 Å². The van der Waals surface area contributed by atoms with Crippen molar-refractivity contribution in [1.29, 1.82) is 0 Å². The first kappa shape index (κ1) is 20.3. The van der Waals surface area contributed by atoms with Gasteiger partial charge in [0.2, 0.25) is 0 Å². The van der Waals surface area contributed by atoms with Crippen LogP contribution in [0.15, 0.2) is 60.7 Å². The van der Waals surface area contributed by atoms with Crippen molar-refractivity contribution in [3.8, 4) is 5.75 Å². The second-order valence-corrected chi connectivity index (χ2v) is 8.33. The Morgan fingerprint density at radius 1 is 0.793 bits per heavy atom. The van der Waals surface area contributed by atoms with Gasteiger partial charge in [0, 0.05) is 31.2 Å². The average molecular weight is 429 g/mol. The second kappa shape index (κ2) is 9.71. The highest BCUT2D eigenvalue weighted by atomic mass is 35.5. The van der Waals surface area contributed by atoms with Crippen molar-refractivity contribution in [1.82, 2.24) is 4.90 Å². The molecule has 1 aliphatic rings. The SMILES string of the molecule is Clc1ccc(N2CCN(CCCCOc3ccc4ccccc4c3)CC2)c(Cl)c1. The molecule has 0 amide bonds. The molecule has 0 saturated carbocycles. The van der Waals surface area contributed by atoms with E-state index < -0.39 is 0 Å². The summed E-state index contributed by atoms with van der Waals surface area (Å²) in [4.78, 5) is 4.87. The number of benzene rings is 3. The molecule has 0 spiro atoms. The van der Waals surface area contributed by atoms with Crippen molar-refractivity contribution in [2.24, 2.45) is 0 Å². The van der Waals surface area contributed by atoms with Gasteiger partial charge in [-0.25, -0.2) is 0 Å². The molecule has 0 bridgehead atoms. The third-order valence-electron chi connectivity index (χ3n) is 5.48. The summed E-state index contributed by atoms with van der Waals surface area (Å²) in [7, 11) is 0. The fourth-order valence-electron chi connectivity index (χ4n) is 3.83. The van der Waals surface area contributed by atoms with E-state index in [1.807, 2.05) is 18.2 Å². The van der Waals surface area contributed by atoms with E-state index in [0.29, 0.717) is 5.02 Å². The molecule has 152 valence electrons. The first-order valence-electron chi connectivity index (χ1n) is 10.2. The van der Waals surface area contributed by atoms with Crippen LogP contribution >= 0.6 is 23.2 Å². The van der Waals surface area contributed by atoms with Gasteiger partial charge in [-0.1, -0.05) is 53.5 Å². The van der Waals surface area contributed by atoms with Gasteiger partial charge in [-0.05, 0) is 60.5 Å². The number of unbranched alkanes of at least 4 members (excludes halogenated alkanes) is 1. The summed E-state index contributed by atoms with van der Waals surface area (Å²) in [5.74, 6) is 0.956. The Morgan fingerprint density at radius 3 is 2.38 bits per heavy atom. The van der Waals surface area contributed by atoms with E-state index in [-0.39, 0.29) is 0 Å². The minimum Gasteiger partial charge on any atom is -0.494 e. The molecule has 0 aromatic heterocycles. The van der Waals surface area contributed by atoms with E-state index in [4.69, 9.17) is 27.9 Å². The number of nitrogens with zero attached hydrogens (tertiary/aromatic N) is 2. The number of anilines is 1. The third kappa shape index (κ3) is 5.36. The minimum atomic E-state index is 0.684. The largest absolute Gasteiger partial charge is 0.494 e.